The summed E-state index contributed by atoms with van der Waals surface area (Å²) < 4.78 is 5.28. The van der Waals surface area contributed by atoms with Gasteiger partial charge in [-0.25, -0.2) is 9.78 Å². The molecule has 0 saturated heterocycles. The summed E-state index contributed by atoms with van der Waals surface area (Å²) in [5, 5.41) is 12.0. The lowest BCUT2D eigenvalue weighted by atomic mass is 10.1. The third-order valence-corrected chi connectivity index (χ3v) is 2.55. The fourth-order valence-corrected chi connectivity index (χ4v) is 1.65. The molecule has 0 aliphatic rings. The van der Waals surface area contributed by atoms with Crippen molar-refractivity contribution in [2.75, 3.05) is 11.9 Å². The minimum Gasteiger partial charge on any atom is -0.478 e. The Morgan fingerprint density at radius 1 is 1.40 bits per heavy atom. The maximum Gasteiger partial charge on any atom is 0.335 e. The highest BCUT2D eigenvalue weighted by Crippen LogP contribution is 2.10. The molecule has 0 atom stereocenters. The van der Waals surface area contributed by atoms with Gasteiger partial charge in [0, 0.05) is 18.8 Å². The molecule has 1 heterocycles. The highest BCUT2D eigenvalue weighted by Gasteiger charge is 2.04. The Kier molecular flexibility index (Phi) is 4.49. The SMILES string of the molecule is CCOc1ccnc(NCc2cccc(C(=O)O)c2)n1. The van der Waals surface area contributed by atoms with Gasteiger partial charge in [0.25, 0.3) is 0 Å². The predicted octanol–water partition coefficient (Wildman–Crippen LogP) is 2.19. The van der Waals surface area contributed by atoms with Crippen molar-refractivity contribution in [2.24, 2.45) is 0 Å². The zero-order valence-electron chi connectivity index (χ0n) is 11.0. The van der Waals surface area contributed by atoms with Crippen LogP contribution in [0.15, 0.2) is 36.5 Å². The van der Waals surface area contributed by atoms with E-state index in [1.165, 1.54) is 0 Å². The van der Waals surface area contributed by atoms with Crippen LogP contribution in [0.1, 0.15) is 22.8 Å². The Hall–Kier alpha value is -2.63. The molecule has 0 spiro atoms. The molecule has 0 aliphatic heterocycles. The minimum atomic E-state index is -0.943. The van der Waals surface area contributed by atoms with Crippen LogP contribution < -0.4 is 10.1 Å². The highest BCUT2D eigenvalue weighted by atomic mass is 16.5. The van der Waals surface area contributed by atoms with E-state index in [9.17, 15) is 4.79 Å². The summed E-state index contributed by atoms with van der Waals surface area (Å²) in [5.41, 5.74) is 1.10. The molecule has 0 unspecified atom stereocenters. The summed E-state index contributed by atoms with van der Waals surface area (Å²) in [5.74, 6) is 0.00223. The molecule has 0 amide bonds. The molecule has 20 heavy (non-hydrogen) atoms. The first-order valence-corrected chi connectivity index (χ1v) is 6.21. The zero-order valence-corrected chi connectivity index (χ0v) is 11.0. The van der Waals surface area contributed by atoms with Crippen molar-refractivity contribution >= 4 is 11.9 Å². The van der Waals surface area contributed by atoms with Gasteiger partial charge in [-0.1, -0.05) is 12.1 Å². The first-order valence-electron chi connectivity index (χ1n) is 6.21. The molecular formula is C14H15N3O3. The summed E-state index contributed by atoms with van der Waals surface area (Å²) in [6, 6.07) is 8.39. The molecule has 6 heteroatoms. The van der Waals surface area contributed by atoms with E-state index in [4.69, 9.17) is 9.84 Å². The normalized spacial score (nSPS) is 10.1. The zero-order chi connectivity index (χ0) is 14.4. The van der Waals surface area contributed by atoms with Crippen molar-refractivity contribution in [1.29, 1.82) is 0 Å². The van der Waals surface area contributed by atoms with Crippen LogP contribution in [0.25, 0.3) is 0 Å². The van der Waals surface area contributed by atoms with Crippen LogP contribution in [-0.4, -0.2) is 27.7 Å². The summed E-state index contributed by atoms with van der Waals surface area (Å²) >= 11 is 0. The first-order chi connectivity index (χ1) is 9.69. The smallest absolute Gasteiger partial charge is 0.335 e. The average Bonchev–Trinajstić information content (AvgIpc) is 2.46. The second-order valence-corrected chi connectivity index (χ2v) is 4.01. The third-order valence-electron chi connectivity index (χ3n) is 2.55. The van der Waals surface area contributed by atoms with Crippen LogP contribution in [0.2, 0.25) is 0 Å². The number of nitrogens with one attached hydrogen (secondary N) is 1. The molecular weight excluding hydrogens is 258 g/mol. The van der Waals surface area contributed by atoms with Crippen LogP contribution in [-0.2, 0) is 6.54 Å². The van der Waals surface area contributed by atoms with Crippen LogP contribution in [0.3, 0.4) is 0 Å². The lowest BCUT2D eigenvalue weighted by Gasteiger charge is -2.07. The van der Waals surface area contributed by atoms with Gasteiger partial charge in [-0.15, -0.1) is 0 Å². The maximum absolute atomic E-state index is 10.9. The van der Waals surface area contributed by atoms with Crippen LogP contribution in [0.5, 0.6) is 5.88 Å². The van der Waals surface area contributed by atoms with Crippen molar-refractivity contribution in [3.8, 4) is 5.88 Å². The van der Waals surface area contributed by atoms with Gasteiger partial charge in [0.05, 0.1) is 12.2 Å². The number of hydrogen-bond acceptors (Lipinski definition) is 5. The molecule has 1 aromatic heterocycles. The minimum absolute atomic E-state index is 0.258. The fourth-order valence-electron chi connectivity index (χ4n) is 1.65. The van der Waals surface area contributed by atoms with Gasteiger partial charge in [0.1, 0.15) is 0 Å². The monoisotopic (exact) mass is 273 g/mol. The number of benzene rings is 1. The number of carbonyl (C=O) groups is 1. The van der Waals surface area contributed by atoms with E-state index >= 15 is 0 Å². The van der Waals surface area contributed by atoms with Gasteiger partial charge in [0.2, 0.25) is 11.8 Å². The number of hydrogen-bond donors (Lipinski definition) is 2. The number of ether oxygens (including phenoxy) is 1. The van der Waals surface area contributed by atoms with E-state index in [2.05, 4.69) is 15.3 Å². The summed E-state index contributed by atoms with van der Waals surface area (Å²) in [6.45, 7) is 2.86. The average molecular weight is 273 g/mol. The van der Waals surface area contributed by atoms with Crippen molar-refractivity contribution in [1.82, 2.24) is 9.97 Å². The largest absolute Gasteiger partial charge is 0.478 e. The summed E-state index contributed by atoms with van der Waals surface area (Å²) in [6.07, 6.45) is 1.61. The number of nitrogens with zero attached hydrogens (tertiary/aromatic N) is 2. The number of aromatic nitrogens is 2. The van der Waals surface area contributed by atoms with Crippen molar-refractivity contribution in [3.63, 3.8) is 0 Å². The van der Waals surface area contributed by atoms with Gasteiger partial charge in [-0.05, 0) is 24.6 Å². The van der Waals surface area contributed by atoms with Crippen molar-refractivity contribution < 1.29 is 14.6 Å². The Morgan fingerprint density at radius 2 is 2.25 bits per heavy atom. The molecule has 2 rings (SSSR count). The fraction of sp³-hybridized carbons (Fsp3) is 0.214. The van der Waals surface area contributed by atoms with E-state index in [1.54, 1.807) is 30.5 Å². The number of aromatic carboxylic acids is 1. The van der Waals surface area contributed by atoms with E-state index in [0.717, 1.165) is 5.56 Å². The lowest BCUT2D eigenvalue weighted by molar-refractivity contribution is 0.0697. The van der Waals surface area contributed by atoms with Crippen LogP contribution in [0, 0.1) is 0 Å². The summed E-state index contributed by atoms with van der Waals surface area (Å²) in [7, 11) is 0. The molecule has 6 nitrogen and oxygen atoms in total. The van der Waals surface area contributed by atoms with Crippen molar-refractivity contribution in [2.45, 2.75) is 13.5 Å². The van der Waals surface area contributed by atoms with Crippen molar-refractivity contribution in [3.05, 3.63) is 47.7 Å². The van der Waals surface area contributed by atoms with E-state index in [0.29, 0.717) is 25.0 Å². The van der Waals surface area contributed by atoms with Gasteiger partial charge < -0.3 is 15.2 Å². The molecule has 0 fully saturated rings. The number of carboxylic acids is 1. The Balaban J connectivity index is 2.03. The summed E-state index contributed by atoms with van der Waals surface area (Å²) in [4.78, 5) is 19.1. The quantitative estimate of drug-likeness (QED) is 0.839. The molecule has 0 aliphatic carbocycles. The number of carboxylic acid groups (broad SMARTS) is 1. The predicted molar refractivity (Wildman–Crippen MR) is 73.9 cm³/mol. The maximum atomic E-state index is 10.9. The van der Waals surface area contributed by atoms with E-state index in [-0.39, 0.29) is 5.56 Å². The topological polar surface area (TPSA) is 84.3 Å². The van der Waals surface area contributed by atoms with Gasteiger partial charge in [-0.2, -0.15) is 4.98 Å². The van der Waals surface area contributed by atoms with Crippen LogP contribution in [0.4, 0.5) is 5.95 Å². The first kappa shape index (κ1) is 13.8. The molecule has 0 saturated carbocycles. The Labute approximate surface area is 116 Å². The lowest BCUT2D eigenvalue weighted by Crippen LogP contribution is -2.06. The third kappa shape index (κ3) is 3.68. The number of anilines is 1. The van der Waals surface area contributed by atoms with Gasteiger partial charge in [0.15, 0.2) is 0 Å². The highest BCUT2D eigenvalue weighted by molar-refractivity contribution is 5.87. The second kappa shape index (κ2) is 6.51. The van der Waals surface area contributed by atoms with E-state index in [1.807, 2.05) is 13.0 Å². The molecule has 1 aromatic carbocycles. The molecule has 104 valence electrons. The standard InChI is InChI=1S/C14H15N3O3/c1-2-20-12-6-7-15-14(17-12)16-9-10-4-3-5-11(8-10)13(18)19/h3-8H,2,9H2,1H3,(H,18,19)(H,15,16,17). The Bertz CT molecular complexity index is 602. The van der Waals surface area contributed by atoms with Gasteiger partial charge >= 0.3 is 5.97 Å². The molecule has 2 aromatic rings. The number of rotatable bonds is 6. The Morgan fingerprint density at radius 3 is 3.00 bits per heavy atom. The van der Waals surface area contributed by atoms with E-state index < -0.39 is 5.97 Å². The van der Waals surface area contributed by atoms with Crippen LogP contribution >= 0.6 is 0 Å². The molecule has 0 bridgehead atoms. The molecule has 2 N–H and O–H groups in total. The van der Waals surface area contributed by atoms with Gasteiger partial charge in [-0.3, -0.25) is 0 Å². The molecule has 0 radical (unpaired) electrons. The second-order valence-electron chi connectivity index (χ2n) is 4.01.